The fourth-order valence-corrected chi connectivity index (χ4v) is 3.04. The Morgan fingerprint density at radius 1 is 1.50 bits per heavy atom. The van der Waals surface area contributed by atoms with E-state index in [1.807, 2.05) is 17.9 Å². The molecular weight excluding hydrogens is 198 g/mol. The van der Waals surface area contributed by atoms with Crippen LogP contribution < -0.4 is 5.73 Å². The average Bonchev–Trinajstić information content (AvgIpc) is 2.75. The van der Waals surface area contributed by atoms with Crippen molar-refractivity contribution in [3.8, 4) is 0 Å². The number of nitrogens with zero attached hydrogens (tertiary/aromatic N) is 2. The topological polar surface area (TPSA) is 43.8 Å². The van der Waals surface area contributed by atoms with E-state index in [9.17, 15) is 0 Å². The quantitative estimate of drug-likeness (QED) is 0.852. The summed E-state index contributed by atoms with van der Waals surface area (Å²) in [6, 6.07) is 0.131. The molecule has 1 fully saturated rings. The average molecular weight is 221 g/mol. The van der Waals surface area contributed by atoms with Crippen molar-refractivity contribution in [1.29, 1.82) is 0 Å². The second-order valence-corrected chi connectivity index (χ2v) is 5.11. The molecule has 0 saturated heterocycles. The maximum atomic E-state index is 6.37. The maximum Gasteiger partial charge on any atom is 0.0947 e. The maximum absolute atomic E-state index is 6.37. The first kappa shape index (κ1) is 11.6. The van der Waals surface area contributed by atoms with Crippen LogP contribution in [0.15, 0.2) is 12.5 Å². The highest BCUT2D eigenvalue weighted by molar-refractivity contribution is 5.05. The van der Waals surface area contributed by atoms with E-state index in [2.05, 4.69) is 18.1 Å². The largest absolute Gasteiger partial charge is 0.340 e. The molecule has 3 heteroatoms. The van der Waals surface area contributed by atoms with Crippen LogP contribution in [0.25, 0.3) is 0 Å². The predicted octanol–water partition coefficient (Wildman–Crippen LogP) is 2.64. The van der Waals surface area contributed by atoms with Crippen LogP contribution in [0.5, 0.6) is 0 Å². The van der Waals surface area contributed by atoms with Crippen molar-refractivity contribution in [3.63, 3.8) is 0 Å². The van der Waals surface area contributed by atoms with Gasteiger partial charge < -0.3 is 10.3 Å². The predicted molar refractivity (Wildman–Crippen MR) is 65.9 cm³/mol. The van der Waals surface area contributed by atoms with Crippen molar-refractivity contribution in [2.75, 3.05) is 0 Å². The summed E-state index contributed by atoms with van der Waals surface area (Å²) >= 11 is 0. The van der Waals surface area contributed by atoms with Crippen molar-refractivity contribution >= 4 is 0 Å². The minimum Gasteiger partial charge on any atom is -0.340 e. The molecule has 2 rings (SSSR count). The highest BCUT2D eigenvalue weighted by atomic mass is 15.0. The zero-order chi connectivity index (χ0) is 11.5. The molecule has 3 unspecified atom stereocenters. The minimum atomic E-state index is 0.131. The van der Waals surface area contributed by atoms with E-state index in [1.54, 1.807) is 0 Å². The molecule has 0 aliphatic heterocycles. The van der Waals surface area contributed by atoms with Crippen molar-refractivity contribution in [2.24, 2.45) is 24.6 Å². The van der Waals surface area contributed by atoms with Gasteiger partial charge in [-0.3, -0.25) is 0 Å². The molecule has 0 amide bonds. The Morgan fingerprint density at radius 3 is 2.88 bits per heavy atom. The van der Waals surface area contributed by atoms with E-state index in [0.29, 0.717) is 5.92 Å². The number of aryl methyl sites for hydroxylation is 1. The van der Waals surface area contributed by atoms with Gasteiger partial charge in [0, 0.05) is 13.2 Å². The monoisotopic (exact) mass is 221 g/mol. The summed E-state index contributed by atoms with van der Waals surface area (Å²) in [6.07, 6.45) is 10.5. The number of aromatic nitrogens is 2. The first-order chi connectivity index (χ1) is 7.72. The fraction of sp³-hybridized carbons (Fsp3) is 0.769. The zero-order valence-corrected chi connectivity index (χ0v) is 10.4. The molecule has 90 valence electrons. The molecular formula is C13H23N3. The summed E-state index contributed by atoms with van der Waals surface area (Å²) in [5, 5.41) is 0. The van der Waals surface area contributed by atoms with Gasteiger partial charge in [-0.1, -0.05) is 32.6 Å². The van der Waals surface area contributed by atoms with E-state index in [-0.39, 0.29) is 6.04 Å². The number of imidazole rings is 1. The molecule has 3 atom stereocenters. The fourth-order valence-electron chi connectivity index (χ4n) is 3.04. The summed E-state index contributed by atoms with van der Waals surface area (Å²) < 4.78 is 1.99. The van der Waals surface area contributed by atoms with E-state index < -0.39 is 0 Å². The van der Waals surface area contributed by atoms with E-state index in [1.165, 1.54) is 32.1 Å². The van der Waals surface area contributed by atoms with Crippen LogP contribution in [-0.2, 0) is 7.05 Å². The number of hydrogen-bond acceptors (Lipinski definition) is 2. The lowest BCUT2D eigenvalue weighted by molar-refractivity contribution is 0.195. The third-order valence-corrected chi connectivity index (χ3v) is 4.02. The van der Waals surface area contributed by atoms with Crippen molar-refractivity contribution in [1.82, 2.24) is 9.55 Å². The van der Waals surface area contributed by atoms with Crippen LogP contribution in [-0.4, -0.2) is 9.55 Å². The second-order valence-electron chi connectivity index (χ2n) is 5.11. The smallest absolute Gasteiger partial charge is 0.0947 e. The van der Waals surface area contributed by atoms with Gasteiger partial charge >= 0.3 is 0 Å². The van der Waals surface area contributed by atoms with Gasteiger partial charge in [0.1, 0.15) is 0 Å². The Balaban J connectivity index is 2.10. The van der Waals surface area contributed by atoms with Gasteiger partial charge in [-0.15, -0.1) is 0 Å². The summed E-state index contributed by atoms with van der Waals surface area (Å²) in [5.41, 5.74) is 7.44. The molecule has 1 aromatic rings. The number of nitrogens with two attached hydrogens (primary N) is 1. The molecule has 3 nitrogen and oxygen atoms in total. The first-order valence-electron chi connectivity index (χ1n) is 6.45. The van der Waals surface area contributed by atoms with Crippen LogP contribution in [0.1, 0.15) is 50.8 Å². The van der Waals surface area contributed by atoms with Crippen LogP contribution in [0.2, 0.25) is 0 Å². The van der Waals surface area contributed by atoms with Gasteiger partial charge in [-0.25, -0.2) is 4.98 Å². The molecule has 1 saturated carbocycles. The van der Waals surface area contributed by atoms with Crippen LogP contribution in [0.4, 0.5) is 0 Å². The van der Waals surface area contributed by atoms with E-state index in [0.717, 1.165) is 11.6 Å². The molecule has 1 aliphatic rings. The number of hydrogen-bond donors (Lipinski definition) is 1. The number of rotatable bonds is 3. The Hall–Kier alpha value is -0.830. The summed E-state index contributed by atoms with van der Waals surface area (Å²) in [4.78, 5) is 4.40. The first-order valence-corrected chi connectivity index (χ1v) is 6.45. The molecule has 0 radical (unpaired) electrons. The third-order valence-electron chi connectivity index (χ3n) is 4.02. The van der Waals surface area contributed by atoms with E-state index in [4.69, 9.17) is 5.73 Å². The highest BCUT2D eigenvalue weighted by Crippen LogP contribution is 2.38. The summed E-state index contributed by atoms with van der Waals surface area (Å²) in [7, 11) is 2.00. The Morgan fingerprint density at radius 2 is 2.25 bits per heavy atom. The Kier molecular flexibility index (Phi) is 3.64. The normalized spacial score (nSPS) is 27.9. The van der Waals surface area contributed by atoms with Crippen molar-refractivity contribution in [3.05, 3.63) is 18.2 Å². The van der Waals surface area contributed by atoms with Gasteiger partial charge in [0.15, 0.2) is 0 Å². The second kappa shape index (κ2) is 5.00. The highest BCUT2D eigenvalue weighted by Gasteiger charge is 2.30. The van der Waals surface area contributed by atoms with Gasteiger partial charge in [0.25, 0.3) is 0 Å². The SMILES string of the molecule is CCC1CCCCC1C(N)c1cn(C)cn1. The van der Waals surface area contributed by atoms with Gasteiger partial charge in [-0.2, -0.15) is 0 Å². The van der Waals surface area contributed by atoms with Gasteiger partial charge in [-0.05, 0) is 18.3 Å². The Labute approximate surface area is 98.1 Å². The molecule has 2 N–H and O–H groups in total. The molecule has 1 aliphatic carbocycles. The van der Waals surface area contributed by atoms with Crippen LogP contribution >= 0.6 is 0 Å². The molecule has 0 aromatic carbocycles. The van der Waals surface area contributed by atoms with Crippen molar-refractivity contribution < 1.29 is 0 Å². The van der Waals surface area contributed by atoms with Crippen LogP contribution in [0.3, 0.4) is 0 Å². The summed E-state index contributed by atoms with van der Waals surface area (Å²) in [5.74, 6) is 1.43. The standard InChI is InChI=1S/C13H23N3/c1-3-10-6-4-5-7-11(10)13(14)12-8-16(2)9-15-12/h8-11,13H,3-7,14H2,1-2H3. The minimum absolute atomic E-state index is 0.131. The summed E-state index contributed by atoms with van der Waals surface area (Å²) in [6.45, 7) is 2.29. The molecule has 16 heavy (non-hydrogen) atoms. The van der Waals surface area contributed by atoms with E-state index >= 15 is 0 Å². The van der Waals surface area contributed by atoms with Crippen LogP contribution in [0, 0.1) is 11.8 Å². The Bertz CT molecular complexity index is 332. The lowest BCUT2D eigenvalue weighted by Crippen LogP contribution is -2.30. The third kappa shape index (κ3) is 2.29. The molecule has 0 spiro atoms. The van der Waals surface area contributed by atoms with Gasteiger partial charge in [0.05, 0.1) is 18.1 Å². The zero-order valence-electron chi connectivity index (χ0n) is 10.4. The molecule has 1 heterocycles. The molecule has 1 aromatic heterocycles. The molecule has 0 bridgehead atoms. The lowest BCUT2D eigenvalue weighted by Gasteiger charge is -2.34. The van der Waals surface area contributed by atoms with Crippen molar-refractivity contribution in [2.45, 2.75) is 45.1 Å². The lowest BCUT2D eigenvalue weighted by atomic mass is 9.73. The van der Waals surface area contributed by atoms with Gasteiger partial charge in [0.2, 0.25) is 0 Å².